The summed E-state index contributed by atoms with van der Waals surface area (Å²) in [5.41, 5.74) is 0. The highest BCUT2D eigenvalue weighted by Gasteiger charge is 2.43. The van der Waals surface area contributed by atoms with Crippen molar-refractivity contribution in [1.82, 2.24) is 8.61 Å². The number of likely N-dealkylation sites (N-methyl/N-ethyl adjacent to an activating group) is 1. The SMILES string of the molecule is CC1CCCCN1S(=O)(=O)N(C)C1COCC1C(=O)O. The number of piperidine rings is 1. The van der Waals surface area contributed by atoms with Crippen molar-refractivity contribution in [2.75, 3.05) is 26.8 Å². The molecule has 2 heterocycles. The minimum absolute atomic E-state index is 0.0400. The number of rotatable bonds is 4. The van der Waals surface area contributed by atoms with Gasteiger partial charge in [-0.3, -0.25) is 4.79 Å². The zero-order chi connectivity index (χ0) is 14.9. The second-order valence-electron chi connectivity index (χ2n) is 5.53. The number of hydrogen-bond acceptors (Lipinski definition) is 4. The Morgan fingerprint density at radius 2 is 2.05 bits per heavy atom. The topological polar surface area (TPSA) is 87.2 Å². The summed E-state index contributed by atoms with van der Waals surface area (Å²) in [6.07, 6.45) is 2.72. The van der Waals surface area contributed by atoms with Crippen LogP contribution in [0, 0.1) is 5.92 Å². The van der Waals surface area contributed by atoms with Gasteiger partial charge >= 0.3 is 5.97 Å². The highest BCUT2D eigenvalue weighted by Crippen LogP contribution is 2.27. The molecule has 0 spiro atoms. The fraction of sp³-hybridized carbons (Fsp3) is 0.917. The van der Waals surface area contributed by atoms with Crippen molar-refractivity contribution in [3.05, 3.63) is 0 Å². The molecule has 2 aliphatic heterocycles. The van der Waals surface area contributed by atoms with E-state index in [0.717, 1.165) is 19.3 Å². The van der Waals surface area contributed by atoms with Crippen molar-refractivity contribution in [3.8, 4) is 0 Å². The first-order valence-electron chi connectivity index (χ1n) is 6.91. The number of aliphatic carboxylic acids is 1. The number of carboxylic acid groups (broad SMARTS) is 1. The zero-order valence-corrected chi connectivity index (χ0v) is 12.7. The summed E-state index contributed by atoms with van der Waals surface area (Å²) in [7, 11) is -2.19. The summed E-state index contributed by atoms with van der Waals surface area (Å²) >= 11 is 0. The van der Waals surface area contributed by atoms with Crippen molar-refractivity contribution in [1.29, 1.82) is 0 Å². The quantitative estimate of drug-likeness (QED) is 0.798. The van der Waals surface area contributed by atoms with Gasteiger partial charge in [0, 0.05) is 19.6 Å². The van der Waals surface area contributed by atoms with Crippen LogP contribution in [0.25, 0.3) is 0 Å². The van der Waals surface area contributed by atoms with Crippen molar-refractivity contribution in [2.24, 2.45) is 5.92 Å². The Hall–Kier alpha value is -0.700. The van der Waals surface area contributed by atoms with E-state index in [9.17, 15) is 13.2 Å². The number of carboxylic acids is 1. The molecule has 0 radical (unpaired) electrons. The third kappa shape index (κ3) is 2.83. The van der Waals surface area contributed by atoms with E-state index in [1.165, 1.54) is 15.7 Å². The number of ether oxygens (including phenoxy) is 1. The molecule has 2 fully saturated rings. The Labute approximate surface area is 119 Å². The van der Waals surface area contributed by atoms with Crippen LogP contribution in [-0.4, -0.2) is 67.0 Å². The second-order valence-corrected chi connectivity index (χ2v) is 7.47. The normalized spacial score (nSPS) is 32.6. The zero-order valence-electron chi connectivity index (χ0n) is 11.9. The van der Waals surface area contributed by atoms with Crippen molar-refractivity contribution >= 4 is 16.2 Å². The van der Waals surface area contributed by atoms with Gasteiger partial charge in [-0.1, -0.05) is 6.42 Å². The van der Waals surface area contributed by atoms with Gasteiger partial charge in [-0.2, -0.15) is 17.0 Å². The Morgan fingerprint density at radius 1 is 1.35 bits per heavy atom. The molecule has 0 aliphatic carbocycles. The van der Waals surface area contributed by atoms with Gasteiger partial charge in [0.25, 0.3) is 10.2 Å². The first kappa shape index (κ1) is 15.7. The lowest BCUT2D eigenvalue weighted by atomic mass is 10.1. The summed E-state index contributed by atoms with van der Waals surface area (Å²) in [6.45, 7) is 2.59. The van der Waals surface area contributed by atoms with Gasteiger partial charge in [-0.05, 0) is 19.8 Å². The van der Waals surface area contributed by atoms with Crippen LogP contribution in [-0.2, 0) is 19.7 Å². The molecule has 2 saturated heterocycles. The van der Waals surface area contributed by atoms with Crippen molar-refractivity contribution < 1.29 is 23.1 Å². The fourth-order valence-electron chi connectivity index (χ4n) is 2.89. The van der Waals surface area contributed by atoms with Gasteiger partial charge < -0.3 is 9.84 Å². The molecule has 3 unspecified atom stereocenters. The van der Waals surface area contributed by atoms with E-state index in [1.807, 2.05) is 6.92 Å². The Bertz CT molecular complexity index is 466. The van der Waals surface area contributed by atoms with E-state index in [2.05, 4.69) is 0 Å². The molecule has 8 heteroatoms. The lowest BCUT2D eigenvalue weighted by Gasteiger charge is -2.37. The summed E-state index contributed by atoms with van der Waals surface area (Å²) in [5, 5.41) is 9.15. The lowest BCUT2D eigenvalue weighted by molar-refractivity contribution is -0.142. The number of carbonyl (C=O) groups is 1. The van der Waals surface area contributed by atoms with Crippen LogP contribution in [0.2, 0.25) is 0 Å². The van der Waals surface area contributed by atoms with Crippen LogP contribution in [0.5, 0.6) is 0 Å². The molecule has 0 saturated carbocycles. The van der Waals surface area contributed by atoms with Crippen LogP contribution >= 0.6 is 0 Å². The molecule has 3 atom stereocenters. The standard InChI is InChI=1S/C12H22N2O5S/c1-9-5-3-4-6-14(9)20(17,18)13(2)11-8-19-7-10(11)12(15)16/h9-11H,3-8H2,1-2H3,(H,15,16). The number of nitrogens with zero attached hydrogens (tertiary/aromatic N) is 2. The minimum Gasteiger partial charge on any atom is -0.481 e. The molecule has 116 valence electrons. The van der Waals surface area contributed by atoms with Gasteiger partial charge in [0.2, 0.25) is 0 Å². The van der Waals surface area contributed by atoms with Crippen LogP contribution < -0.4 is 0 Å². The van der Waals surface area contributed by atoms with Crippen LogP contribution in [0.15, 0.2) is 0 Å². The van der Waals surface area contributed by atoms with E-state index >= 15 is 0 Å². The fourth-order valence-corrected chi connectivity index (χ4v) is 4.69. The molecule has 0 aromatic carbocycles. The average Bonchev–Trinajstić information content (AvgIpc) is 2.87. The first-order valence-corrected chi connectivity index (χ1v) is 8.30. The summed E-state index contributed by atoms with van der Waals surface area (Å²) in [4.78, 5) is 11.2. The van der Waals surface area contributed by atoms with E-state index in [1.54, 1.807) is 0 Å². The monoisotopic (exact) mass is 306 g/mol. The molecule has 20 heavy (non-hydrogen) atoms. The van der Waals surface area contributed by atoms with Gasteiger partial charge in [-0.15, -0.1) is 0 Å². The Morgan fingerprint density at radius 3 is 2.65 bits per heavy atom. The first-order chi connectivity index (χ1) is 9.35. The Kier molecular flexibility index (Phi) is 4.68. The van der Waals surface area contributed by atoms with Crippen molar-refractivity contribution in [2.45, 2.75) is 38.3 Å². The lowest BCUT2D eigenvalue weighted by Crippen LogP contribution is -2.53. The summed E-state index contributed by atoms with van der Waals surface area (Å²) in [5.74, 6) is -1.81. The maximum atomic E-state index is 12.7. The molecule has 0 aromatic heterocycles. The van der Waals surface area contributed by atoms with Gasteiger partial charge in [0.1, 0.15) is 0 Å². The molecular formula is C12H22N2O5S. The smallest absolute Gasteiger partial charge is 0.310 e. The van der Waals surface area contributed by atoms with Gasteiger partial charge in [0.15, 0.2) is 0 Å². The Balaban J connectivity index is 2.18. The molecule has 0 amide bonds. The predicted molar refractivity (Wildman–Crippen MR) is 72.4 cm³/mol. The largest absolute Gasteiger partial charge is 0.481 e. The summed E-state index contributed by atoms with van der Waals surface area (Å²) < 4.78 is 33.1. The number of hydrogen-bond donors (Lipinski definition) is 1. The maximum Gasteiger partial charge on any atom is 0.310 e. The van der Waals surface area contributed by atoms with Crippen molar-refractivity contribution in [3.63, 3.8) is 0 Å². The average molecular weight is 306 g/mol. The maximum absolute atomic E-state index is 12.7. The minimum atomic E-state index is -3.64. The van der Waals surface area contributed by atoms with E-state index < -0.39 is 28.1 Å². The summed E-state index contributed by atoms with van der Waals surface area (Å²) in [6, 6.07) is -0.673. The molecule has 2 rings (SSSR count). The van der Waals surface area contributed by atoms with E-state index in [0.29, 0.717) is 6.54 Å². The van der Waals surface area contributed by atoms with E-state index in [4.69, 9.17) is 9.84 Å². The molecule has 2 aliphatic rings. The highest BCUT2D eigenvalue weighted by molar-refractivity contribution is 7.86. The third-order valence-corrected chi connectivity index (χ3v) is 6.37. The van der Waals surface area contributed by atoms with Crippen LogP contribution in [0.3, 0.4) is 0 Å². The molecule has 7 nitrogen and oxygen atoms in total. The van der Waals surface area contributed by atoms with Gasteiger partial charge in [0.05, 0.1) is 25.2 Å². The second kappa shape index (κ2) is 5.97. The molecule has 1 N–H and O–H groups in total. The molecular weight excluding hydrogens is 284 g/mol. The molecule has 0 aromatic rings. The highest BCUT2D eigenvalue weighted by atomic mass is 32.2. The van der Waals surface area contributed by atoms with Crippen LogP contribution in [0.1, 0.15) is 26.2 Å². The van der Waals surface area contributed by atoms with Gasteiger partial charge in [-0.25, -0.2) is 0 Å². The predicted octanol–water partition coefficient (Wildman–Crippen LogP) is 0.137. The van der Waals surface area contributed by atoms with Crippen LogP contribution in [0.4, 0.5) is 0 Å². The van der Waals surface area contributed by atoms with E-state index in [-0.39, 0.29) is 19.3 Å². The molecule has 0 bridgehead atoms. The third-order valence-electron chi connectivity index (χ3n) is 4.24.